The summed E-state index contributed by atoms with van der Waals surface area (Å²) in [7, 11) is 0. The Balaban J connectivity index is 1.91. The molecule has 1 saturated heterocycles. The maximum absolute atomic E-state index is 12.5. The minimum Gasteiger partial charge on any atom is -0.343 e. The van der Waals surface area contributed by atoms with Crippen molar-refractivity contribution < 1.29 is 22.8 Å². The largest absolute Gasteiger partial charge is 0.416 e. The van der Waals surface area contributed by atoms with Crippen LogP contribution in [0.4, 0.5) is 18.9 Å². The number of halogens is 3. The standard InChI is InChI=1S/C15H17F3N2O2/c1-10(21)20-8-6-11(7-9-20)14(22)19-13-4-2-12(3-5-13)15(16,17)18/h2-5,11H,6-9H2,1H3,(H,19,22). The monoisotopic (exact) mass is 314 g/mol. The molecule has 7 heteroatoms. The smallest absolute Gasteiger partial charge is 0.343 e. The topological polar surface area (TPSA) is 49.4 Å². The van der Waals surface area contributed by atoms with Gasteiger partial charge >= 0.3 is 6.18 Å². The van der Waals surface area contributed by atoms with Crippen molar-refractivity contribution in [2.75, 3.05) is 18.4 Å². The number of nitrogens with zero attached hydrogens (tertiary/aromatic N) is 1. The molecule has 1 fully saturated rings. The van der Waals surface area contributed by atoms with Gasteiger partial charge in [-0.2, -0.15) is 13.2 Å². The zero-order valence-electron chi connectivity index (χ0n) is 12.1. The average Bonchev–Trinajstić information content (AvgIpc) is 2.47. The first-order chi connectivity index (χ1) is 10.3. The molecule has 0 spiro atoms. The van der Waals surface area contributed by atoms with Gasteiger partial charge < -0.3 is 10.2 Å². The Morgan fingerprint density at radius 3 is 2.14 bits per heavy atom. The molecule has 0 unspecified atom stereocenters. The molecule has 0 aliphatic carbocycles. The van der Waals surface area contributed by atoms with Crippen LogP contribution < -0.4 is 5.32 Å². The van der Waals surface area contributed by atoms with Gasteiger partial charge in [-0.3, -0.25) is 9.59 Å². The van der Waals surface area contributed by atoms with Crippen LogP contribution in [0, 0.1) is 5.92 Å². The molecular weight excluding hydrogens is 297 g/mol. The molecule has 1 heterocycles. The average molecular weight is 314 g/mol. The van der Waals surface area contributed by atoms with Gasteiger partial charge in [-0.05, 0) is 37.1 Å². The number of hydrogen-bond acceptors (Lipinski definition) is 2. The number of amides is 2. The van der Waals surface area contributed by atoms with E-state index in [0.717, 1.165) is 12.1 Å². The normalized spacial score (nSPS) is 16.5. The van der Waals surface area contributed by atoms with Crippen LogP contribution in [0.2, 0.25) is 0 Å². The molecule has 0 aromatic heterocycles. The predicted molar refractivity (Wildman–Crippen MR) is 75.1 cm³/mol. The second-order valence-electron chi connectivity index (χ2n) is 5.34. The number of piperidine rings is 1. The number of carbonyl (C=O) groups is 2. The van der Waals surface area contributed by atoms with Gasteiger partial charge in [0.1, 0.15) is 0 Å². The molecule has 120 valence electrons. The Labute approximate surface area is 126 Å². The lowest BCUT2D eigenvalue weighted by molar-refractivity contribution is -0.137. The van der Waals surface area contributed by atoms with Crippen LogP contribution in [0.1, 0.15) is 25.3 Å². The molecule has 0 saturated carbocycles. The quantitative estimate of drug-likeness (QED) is 0.912. The molecule has 2 amide bonds. The van der Waals surface area contributed by atoms with Crippen LogP contribution in [0.5, 0.6) is 0 Å². The molecule has 1 aromatic carbocycles. The highest BCUT2D eigenvalue weighted by Crippen LogP contribution is 2.30. The van der Waals surface area contributed by atoms with E-state index < -0.39 is 11.7 Å². The maximum Gasteiger partial charge on any atom is 0.416 e. The lowest BCUT2D eigenvalue weighted by atomic mass is 9.96. The highest BCUT2D eigenvalue weighted by atomic mass is 19.4. The van der Waals surface area contributed by atoms with E-state index in [2.05, 4.69) is 5.32 Å². The van der Waals surface area contributed by atoms with E-state index in [1.165, 1.54) is 19.1 Å². The third kappa shape index (κ3) is 3.99. The van der Waals surface area contributed by atoms with Crippen molar-refractivity contribution in [2.24, 2.45) is 5.92 Å². The number of anilines is 1. The number of benzene rings is 1. The highest BCUT2D eigenvalue weighted by molar-refractivity contribution is 5.92. The maximum atomic E-state index is 12.5. The summed E-state index contributed by atoms with van der Waals surface area (Å²) in [5.74, 6) is -0.456. The summed E-state index contributed by atoms with van der Waals surface area (Å²) >= 11 is 0. The zero-order valence-corrected chi connectivity index (χ0v) is 12.1. The molecule has 1 N–H and O–H groups in total. The third-order valence-corrected chi connectivity index (χ3v) is 3.79. The Morgan fingerprint density at radius 2 is 1.68 bits per heavy atom. The Bertz CT molecular complexity index is 547. The predicted octanol–water partition coefficient (Wildman–Crippen LogP) is 2.90. The fourth-order valence-corrected chi connectivity index (χ4v) is 2.44. The van der Waals surface area contributed by atoms with Crippen molar-refractivity contribution in [3.8, 4) is 0 Å². The summed E-state index contributed by atoms with van der Waals surface area (Å²) in [6.45, 7) is 2.55. The molecule has 4 nitrogen and oxygen atoms in total. The van der Waals surface area contributed by atoms with Crippen LogP contribution in [0.15, 0.2) is 24.3 Å². The fraction of sp³-hybridized carbons (Fsp3) is 0.467. The summed E-state index contributed by atoms with van der Waals surface area (Å²) in [5.41, 5.74) is -0.410. The van der Waals surface area contributed by atoms with Gasteiger partial charge in [0.05, 0.1) is 5.56 Å². The van der Waals surface area contributed by atoms with Crippen LogP contribution in [-0.4, -0.2) is 29.8 Å². The molecule has 0 atom stereocenters. The fourth-order valence-electron chi connectivity index (χ4n) is 2.44. The number of alkyl halides is 3. The summed E-state index contributed by atoms with van der Waals surface area (Å²) in [4.78, 5) is 25.0. The van der Waals surface area contributed by atoms with Crippen LogP contribution in [-0.2, 0) is 15.8 Å². The lowest BCUT2D eigenvalue weighted by Crippen LogP contribution is -2.40. The number of nitrogens with one attached hydrogen (secondary N) is 1. The van der Waals surface area contributed by atoms with E-state index in [0.29, 0.717) is 31.6 Å². The van der Waals surface area contributed by atoms with Gasteiger partial charge in [-0.25, -0.2) is 0 Å². The van der Waals surface area contributed by atoms with Gasteiger partial charge in [0.25, 0.3) is 0 Å². The van der Waals surface area contributed by atoms with Gasteiger partial charge in [-0.15, -0.1) is 0 Å². The van der Waals surface area contributed by atoms with Crippen LogP contribution in [0.25, 0.3) is 0 Å². The van der Waals surface area contributed by atoms with Crippen molar-refractivity contribution in [3.05, 3.63) is 29.8 Å². The Hall–Kier alpha value is -2.05. The summed E-state index contributed by atoms with van der Waals surface area (Å²) < 4.78 is 37.4. The summed E-state index contributed by atoms with van der Waals surface area (Å²) in [5, 5.41) is 2.62. The number of hydrogen-bond donors (Lipinski definition) is 1. The van der Waals surface area contributed by atoms with E-state index in [9.17, 15) is 22.8 Å². The first kappa shape index (κ1) is 16.3. The van der Waals surface area contributed by atoms with E-state index in [1.807, 2.05) is 0 Å². The molecule has 1 aromatic rings. The van der Waals surface area contributed by atoms with E-state index >= 15 is 0 Å². The molecular formula is C15H17F3N2O2. The molecule has 2 rings (SSSR count). The highest BCUT2D eigenvalue weighted by Gasteiger charge is 2.30. The zero-order chi connectivity index (χ0) is 16.3. The van der Waals surface area contributed by atoms with E-state index in [1.54, 1.807) is 4.90 Å². The number of rotatable bonds is 2. The van der Waals surface area contributed by atoms with Gasteiger partial charge in [0.2, 0.25) is 11.8 Å². The SMILES string of the molecule is CC(=O)N1CCC(C(=O)Nc2ccc(C(F)(F)F)cc2)CC1. The first-order valence-corrected chi connectivity index (χ1v) is 7.01. The van der Waals surface area contributed by atoms with Gasteiger partial charge in [0, 0.05) is 31.6 Å². The van der Waals surface area contributed by atoms with Crippen molar-refractivity contribution in [1.29, 1.82) is 0 Å². The van der Waals surface area contributed by atoms with Crippen molar-refractivity contribution >= 4 is 17.5 Å². The minimum absolute atomic E-state index is 0.0124. The molecule has 0 bridgehead atoms. The minimum atomic E-state index is -4.39. The number of carbonyl (C=O) groups excluding carboxylic acids is 2. The first-order valence-electron chi connectivity index (χ1n) is 7.01. The second-order valence-corrected chi connectivity index (χ2v) is 5.34. The van der Waals surface area contributed by atoms with Crippen LogP contribution in [0.3, 0.4) is 0 Å². The second kappa shape index (κ2) is 6.37. The lowest BCUT2D eigenvalue weighted by Gasteiger charge is -2.30. The van der Waals surface area contributed by atoms with Gasteiger partial charge in [0.15, 0.2) is 0 Å². The number of likely N-dealkylation sites (tertiary alicyclic amines) is 1. The molecule has 22 heavy (non-hydrogen) atoms. The van der Waals surface area contributed by atoms with Crippen molar-refractivity contribution in [1.82, 2.24) is 4.90 Å². The van der Waals surface area contributed by atoms with Gasteiger partial charge in [-0.1, -0.05) is 0 Å². The van der Waals surface area contributed by atoms with Crippen molar-refractivity contribution in [3.63, 3.8) is 0 Å². The van der Waals surface area contributed by atoms with E-state index in [4.69, 9.17) is 0 Å². The van der Waals surface area contributed by atoms with Crippen molar-refractivity contribution in [2.45, 2.75) is 25.9 Å². The summed E-state index contributed by atoms with van der Waals surface area (Å²) in [6.07, 6.45) is -3.26. The third-order valence-electron chi connectivity index (χ3n) is 3.79. The Kier molecular flexibility index (Phi) is 4.73. The van der Waals surface area contributed by atoms with Crippen LogP contribution >= 0.6 is 0 Å². The summed E-state index contributed by atoms with van der Waals surface area (Å²) in [6, 6.07) is 4.36. The molecule has 1 aliphatic heterocycles. The van der Waals surface area contributed by atoms with E-state index in [-0.39, 0.29) is 17.7 Å². The molecule has 1 aliphatic rings. The molecule has 0 radical (unpaired) electrons. The Morgan fingerprint density at radius 1 is 1.14 bits per heavy atom.